The van der Waals surface area contributed by atoms with E-state index >= 15 is 0 Å². The standard InChI is InChI=1S/C54H99NO8/c1-6-8-10-12-14-16-18-20-22-23-24-25-26-27-28-29-31-33-35-37-39-41-43-45-52(57)63-50(49-62-54(53(58)59)60-47-46-55(3,4)5)48-61-51(56)44-42-40-38-36-34-32-30-21-19-17-15-13-11-9-7-2/h18,20,23-24,26-27,50,54H,6-17,19,21-22,25,28-49H2,1-5H3/p+1/b20-18-,24-23-,27-26-. The minimum absolute atomic E-state index is 0.182. The van der Waals surface area contributed by atoms with Crippen molar-refractivity contribution in [2.75, 3.05) is 47.5 Å². The Kier molecular flexibility index (Phi) is 44.2. The number of likely N-dealkylation sites (N-methyl/N-ethyl adjacent to an activating group) is 1. The van der Waals surface area contributed by atoms with Crippen molar-refractivity contribution in [2.24, 2.45) is 0 Å². The van der Waals surface area contributed by atoms with E-state index < -0.39 is 24.3 Å². The largest absolute Gasteiger partial charge is 0.477 e. The Bertz CT molecular complexity index is 1130. The molecule has 0 bridgehead atoms. The smallest absolute Gasteiger partial charge is 0.361 e. The summed E-state index contributed by atoms with van der Waals surface area (Å²) in [7, 11) is 5.96. The summed E-state index contributed by atoms with van der Waals surface area (Å²) in [4.78, 5) is 37.3. The molecule has 0 aromatic carbocycles. The SMILES string of the molecule is CCCCCCC/C=C\C/C=C\C/C=C\CCCCCCCCCCC(=O)OC(COC(=O)CCCCCCCCCCCCCCCCC)COC(OCC[N+](C)(C)C)C(=O)O. The summed E-state index contributed by atoms with van der Waals surface area (Å²) >= 11 is 0. The number of allylic oxidation sites excluding steroid dienone is 6. The number of carbonyl (C=O) groups is 3. The topological polar surface area (TPSA) is 108 Å². The molecule has 9 heteroatoms. The predicted octanol–water partition coefficient (Wildman–Crippen LogP) is 14.6. The van der Waals surface area contributed by atoms with Crippen LogP contribution in [0.25, 0.3) is 0 Å². The van der Waals surface area contributed by atoms with Gasteiger partial charge in [-0.15, -0.1) is 0 Å². The quantitative estimate of drug-likeness (QED) is 0.0212. The molecule has 0 spiro atoms. The van der Waals surface area contributed by atoms with Crippen LogP contribution in [0, 0.1) is 0 Å². The van der Waals surface area contributed by atoms with E-state index in [9.17, 15) is 19.5 Å². The second kappa shape index (κ2) is 46.1. The number of carboxylic acid groups (broad SMARTS) is 1. The van der Waals surface area contributed by atoms with Crippen molar-refractivity contribution in [1.29, 1.82) is 0 Å². The first-order chi connectivity index (χ1) is 30.6. The van der Waals surface area contributed by atoms with Crippen LogP contribution in [0.5, 0.6) is 0 Å². The van der Waals surface area contributed by atoms with Crippen LogP contribution in [-0.4, -0.2) is 87.4 Å². The second-order valence-electron chi connectivity index (χ2n) is 18.8. The maximum absolute atomic E-state index is 12.8. The van der Waals surface area contributed by atoms with E-state index in [2.05, 4.69) is 50.3 Å². The summed E-state index contributed by atoms with van der Waals surface area (Å²) in [6.07, 6.45) is 50.6. The van der Waals surface area contributed by atoms with Gasteiger partial charge in [-0.1, -0.05) is 204 Å². The molecule has 9 nitrogen and oxygen atoms in total. The molecule has 0 fully saturated rings. The molecule has 63 heavy (non-hydrogen) atoms. The Morgan fingerprint density at radius 2 is 0.857 bits per heavy atom. The van der Waals surface area contributed by atoms with Gasteiger partial charge in [0, 0.05) is 12.8 Å². The number of quaternary nitrogens is 1. The van der Waals surface area contributed by atoms with E-state index in [-0.39, 0.29) is 32.2 Å². The first-order valence-electron chi connectivity index (χ1n) is 26.2. The minimum Gasteiger partial charge on any atom is -0.477 e. The molecule has 0 saturated heterocycles. The number of hydrogen-bond acceptors (Lipinski definition) is 7. The molecule has 0 aromatic heterocycles. The fourth-order valence-electron chi connectivity index (χ4n) is 7.31. The number of esters is 2. The van der Waals surface area contributed by atoms with Gasteiger partial charge in [-0.05, 0) is 51.4 Å². The van der Waals surface area contributed by atoms with Crippen molar-refractivity contribution in [3.63, 3.8) is 0 Å². The molecule has 0 radical (unpaired) electrons. The highest BCUT2D eigenvalue weighted by Crippen LogP contribution is 2.16. The number of carboxylic acids is 1. The summed E-state index contributed by atoms with van der Waals surface area (Å²) in [5, 5.41) is 9.67. The normalized spacial score (nSPS) is 13.1. The Labute approximate surface area is 388 Å². The van der Waals surface area contributed by atoms with Crippen molar-refractivity contribution in [3.8, 4) is 0 Å². The van der Waals surface area contributed by atoms with Gasteiger partial charge in [0.1, 0.15) is 13.2 Å². The molecule has 0 aliphatic rings. The molecule has 2 unspecified atom stereocenters. The maximum atomic E-state index is 12.8. The summed E-state index contributed by atoms with van der Waals surface area (Å²) < 4.78 is 22.8. The van der Waals surface area contributed by atoms with E-state index in [1.165, 1.54) is 141 Å². The lowest BCUT2D eigenvalue weighted by molar-refractivity contribution is -0.870. The van der Waals surface area contributed by atoms with E-state index in [0.717, 1.165) is 57.8 Å². The van der Waals surface area contributed by atoms with Crippen LogP contribution in [0.4, 0.5) is 0 Å². The number of aliphatic carboxylic acids is 1. The van der Waals surface area contributed by atoms with Crippen LogP contribution >= 0.6 is 0 Å². The predicted molar refractivity (Wildman–Crippen MR) is 263 cm³/mol. The molecule has 0 heterocycles. The lowest BCUT2D eigenvalue weighted by Crippen LogP contribution is -2.40. The fourth-order valence-corrected chi connectivity index (χ4v) is 7.31. The lowest BCUT2D eigenvalue weighted by atomic mass is 10.0. The van der Waals surface area contributed by atoms with Gasteiger partial charge in [-0.2, -0.15) is 0 Å². The van der Waals surface area contributed by atoms with Crippen LogP contribution in [-0.2, 0) is 33.3 Å². The van der Waals surface area contributed by atoms with Crippen LogP contribution in [0.2, 0.25) is 0 Å². The van der Waals surface area contributed by atoms with E-state index in [4.69, 9.17) is 18.9 Å². The van der Waals surface area contributed by atoms with Gasteiger partial charge in [0.05, 0.1) is 34.4 Å². The van der Waals surface area contributed by atoms with Gasteiger partial charge in [-0.25, -0.2) is 4.79 Å². The molecular weight excluding hydrogens is 791 g/mol. The average Bonchev–Trinajstić information content (AvgIpc) is 3.24. The third kappa shape index (κ3) is 47.3. The van der Waals surface area contributed by atoms with E-state index in [1.807, 2.05) is 21.1 Å². The van der Waals surface area contributed by atoms with Crippen molar-refractivity contribution in [1.82, 2.24) is 0 Å². The number of ether oxygens (including phenoxy) is 4. The molecule has 0 saturated carbocycles. The Morgan fingerprint density at radius 3 is 1.27 bits per heavy atom. The Hall–Kier alpha value is -2.49. The molecule has 368 valence electrons. The van der Waals surface area contributed by atoms with Crippen LogP contribution < -0.4 is 0 Å². The number of carbonyl (C=O) groups excluding carboxylic acids is 2. The third-order valence-corrected chi connectivity index (χ3v) is 11.4. The van der Waals surface area contributed by atoms with Gasteiger partial charge >= 0.3 is 17.9 Å². The summed E-state index contributed by atoms with van der Waals surface area (Å²) in [6.45, 7) is 4.88. The van der Waals surface area contributed by atoms with Gasteiger partial charge in [0.2, 0.25) is 0 Å². The zero-order valence-electron chi connectivity index (χ0n) is 41.7. The van der Waals surface area contributed by atoms with Crippen molar-refractivity contribution in [2.45, 2.75) is 245 Å². The number of unbranched alkanes of at least 4 members (excludes halogenated alkanes) is 27. The van der Waals surface area contributed by atoms with Crippen molar-refractivity contribution >= 4 is 17.9 Å². The number of nitrogens with zero attached hydrogens (tertiary/aromatic N) is 1. The fraction of sp³-hybridized carbons (Fsp3) is 0.833. The van der Waals surface area contributed by atoms with E-state index in [1.54, 1.807) is 0 Å². The van der Waals surface area contributed by atoms with E-state index in [0.29, 0.717) is 23.9 Å². The summed E-state index contributed by atoms with van der Waals surface area (Å²) in [5.74, 6) is -2.01. The highest BCUT2D eigenvalue weighted by atomic mass is 16.7. The average molecular weight is 891 g/mol. The second-order valence-corrected chi connectivity index (χ2v) is 18.8. The maximum Gasteiger partial charge on any atom is 0.361 e. The Morgan fingerprint density at radius 1 is 0.476 bits per heavy atom. The van der Waals surface area contributed by atoms with Gasteiger partial charge < -0.3 is 28.5 Å². The molecular formula is C54H100NO8+. The molecule has 0 aromatic rings. The molecule has 0 amide bonds. The van der Waals surface area contributed by atoms with Gasteiger partial charge in [0.15, 0.2) is 6.10 Å². The molecule has 2 atom stereocenters. The first kappa shape index (κ1) is 60.5. The lowest BCUT2D eigenvalue weighted by Gasteiger charge is -2.25. The Balaban J connectivity index is 4.32. The summed E-state index contributed by atoms with van der Waals surface area (Å²) in [6, 6.07) is 0. The highest BCUT2D eigenvalue weighted by molar-refractivity contribution is 5.71. The highest BCUT2D eigenvalue weighted by Gasteiger charge is 2.25. The minimum atomic E-state index is -1.51. The van der Waals surface area contributed by atoms with Crippen molar-refractivity contribution in [3.05, 3.63) is 36.5 Å². The van der Waals surface area contributed by atoms with Crippen molar-refractivity contribution < 1.29 is 42.9 Å². The summed E-state index contributed by atoms with van der Waals surface area (Å²) in [5.41, 5.74) is 0. The molecule has 0 rings (SSSR count). The number of rotatable bonds is 48. The zero-order chi connectivity index (χ0) is 46.3. The van der Waals surface area contributed by atoms with Crippen LogP contribution in [0.3, 0.4) is 0 Å². The van der Waals surface area contributed by atoms with Crippen LogP contribution in [0.15, 0.2) is 36.5 Å². The number of hydrogen-bond donors (Lipinski definition) is 1. The van der Waals surface area contributed by atoms with Gasteiger partial charge in [-0.3, -0.25) is 9.59 Å². The van der Waals surface area contributed by atoms with Gasteiger partial charge in [0.25, 0.3) is 6.29 Å². The third-order valence-electron chi connectivity index (χ3n) is 11.4. The first-order valence-corrected chi connectivity index (χ1v) is 26.2. The zero-order valence-corrected chi connectivity index (χ0v) is 41.7. The molecule has 1 N–H and O–H groups in total. The van der Waals surface area contributed by atoms with Crippen LogP contribution in [0.1, 0.15) is 232 Å². The monoisotopic (exact) mass is 891 g/mol. The molecule has 0 aliphatic heterocycles. The molecule has 0 aliphatic carbocycles.